The zero-order valence-electron chi connectivity index (χ0n) is 13.5. The summed E-state index contributed by atoms with van der Waals surface area (Å²) < 4.78 is 54.5. The highest BCUT2D eigenvalue weighted by Crippen LogP contribution is 2.31. The van der Waals surface area contributed by atoms with Crippen LogP contribution in [-0.4, -0.2) is 45.8 Å². The summed E-state index contributed by atoms with van der Waals surface area (Å²) in [5, 5.41) is 3.97. The van der Waals surface area contributed by atoms with Gasteiger partial charge < -0.3 is 9.80 Å². The molecule has 1 aromatic carbocycles. The fourth-order valence-electron chi connectivity index (χ4n) is 3.05. The van der Waals surface area contributed by atoms with Gasteiger partial charge in [0.2, 0.25) is 0 Å². The lowest BCUT2D eigenvalue weighted by molar-refractivity contribution is -0.141. The molecule has 0 radical (unpaired) electrons. The number of hydrogen-bond acceptors (Lipinski definition) is 5. The standard InChI is InChI=1S/C16H14F4N6/c17-11-3-1-2-4-12(11)24-5-7-25(8-6-24)14-9-13(16(18,19)20)23-15-21-10-22-26(14)15/h1-4,9-10H,5-8H2. The molecular formula is C16H14F4N6. The Kier molecular flexibility index (Phi) is 3.89. The Balaban J connectivity index is 1.62. The van der Waals surface area contributed by atoms with Gasteiger partial charge in [0, 0.05) is 32.2 Å². The minimum Gasteiger partial charge on any atom is -0.366 e. The zero-order chi connectivity index (χ0) is 18.3. The van der Waals surface area contributed by atoms with Crippen LogP contribution in [0, 0.1) is 5.82 Å². The van der Waals surface area contributed by atoms with Crippen LogP contribution in [0.5, 0.6) is 0 Å². The van der Waals surface area contributed by atoms with Gasteiger partial charge in [0.1, 0.15) is 18.0 Å². The molecular weight excluding hydrogens is 352 g/mol. The summed E-state index contributed by atoms with van der Waals surface area (Å²) in [6.07, 6.45) is -3.40. The molecule has 3 heterocycles. The van der Waals surface area contributed by atoms with Gasteiger partial charge >= 0.3 is 6.18 Å². The SMILES string of the molecule is Fc1ccccc1N1CCN(c2cc(C(F)(F)F)nc3ncnn23)CC1. The predicted molar refractivity (Wildman–Crippen MR) is 86.6 cm³/mol. The van der Waals surface area contributed by atoms with Gasteiger partial charge in [-0.3, -0.25) is 0 Å². The van der Waals surface area contributed by atoms with Crippen LogP contribution in [0.4, 0.5) is 29.1 Å². The van der Waals surface area contributed by atoms with Crippen LogP contribution in [0.2, 0.25) is 0 Å². The summed E-state index contributed by atoms with van der Waals surface area (Å²) >= 11 is 0. The van der Waals surface area contributed by atoms with Crippen LogP contribution < -0.4 is 9.80 Å². The summed E-state index contributed by atoms with van der Waals surface area (Å²) in [5.41, 5.74) is -0.520. The van der Waals surface area contributed by atoms with E-state index in [1.54, 1.807) is 23.1 Å². The van der Waals surface area contributed by atoms with Gasteiger partial charge in [0.25, 0.3) is 5.78 Å². The van der Waals surface area contributed by atoms with Gasteiger partial charge in [-0.25, -0.2) is 9.37 Å². The van der Waals surface area contributed by atoms with Crippen LogP contribution in [0.1, 0.15) is 5.69 Å². The van der Waals surface area contributed by atoms with Crippen molar-refractivity contribution in [3.63, 3.8) is 0 Å². The highest BCUT2D eigenvalue weighted by atomic mass is 19.4. The maximum absolute atomic E-state index is 13.9. The first kappa shape index (κ1) is 16.6. The van der Waals surface area contributed by atoms with E-state index < -0.39 is 11.9 Å². The van der Waals surface area contributed by atoms with Crippen molar-refractivity contribution in [1.82, 2.24) is 19.6 Å². The minimum absolute atomic E-state index is 0.105. The first-order valence-corrected chi connectivity index (χ1v) is 7.96. The Morgan fingerprint density at radius 2 is 1.65 bits per heavy atom. The van der Waals surface area contributed by atoms with E-state index in [1.807, 2.05) is 4.90 Å². The summed E-state index contributed by atoms with van der Waals surface area (Å²) in [5.74, 6) is -0.151. The number of alkyl halides is 3. The summed E-state index contributed by atoms with van der Waals surface area (Å²) in [6.45, 7) is 1.79. The lowest BCUT2D eigenvalue weighted by Gasteiger charge is -2.37. The molecule has 0 aliphatic carbocycles. The number of aromatic nitrogens is 4. The molecule has 1 aliphatic rings. The van der Waals surface area contributed by atoms with Crippen molar-refractivity contribution in [1.29, 1.82) is 0 Å². The van der Waals surface area contributed by atoms with Crippen LogP contribution in [-0.2, 0) is 6.18 Å². The summed E-state index contributed by atoms with van der Waals surface area (Å²) in [6, 6.07) is 7.42. The van der Waals surface area contributed by atoms with Crippen molar-refractivity contribution < 1.29 is 17.6 Å². The molecule has 1 aliphatic heterocycles. The van der Waals surface area contributed by atoms with E-state index in [1.165, 1.54) is 16.9 Å². The molecule has 10 heteroatoms. The van der Waals surface area contributed by atoms with Crippen LogP contribution in [0.25, 0.3) is 5.78 Å². The maximum atomic E-state index is 13.9. The normalized spacial score (nSPS) is 15.7. The molecule has 26 heavy (non-hydrogen) atoms. The van der Waals surface area contributed by atoms with Gasteiger partial charge in [0.15, 0.2) is 5.69 Å². The molecule has 6 nitrogen and oxygen atoms in total. The second kappa shape index (κ2) is 6.11. The zero-order valence-corrected chi connectivity index (χ0v) is 13.5. The van der Waals surface area contributed by atoms with Crippen molar-refractivity contribution in [3.05, 3.63) is 48.2 Å². The van der Waals surface area contributed by atoms with E-state index in [4.69, 9.17) is 0 Å². The minimum atomic E-state index is -4.57. The van der Waals surface area contributed by atoms with Gasteiger partial charge in [0.05, 0.1) is 5.69 Å². The average Bonchev–Trinajstić information content (AvgIpc) is 3.09. The molecule has 4 rings (SSSR count). The Morgan fingerprint density at radius 3 is 2.35 bits per heavy atom. The lowest BCUT2D eigenvalue weighted by atomic mass is 10.2. The number of benzene rings is 1. The molecule has 2 aromatic heterocycles. The molecule has 136 valence electrons. The lowest BCUT2D eigenvalue weighted by Crippen LogP contribution is -2.47. The first-order chi connectivity index (χ1) is 12.4. The molecule has 0 saturated carbocycles. The number of hydrogen-bond donors (Lipinski definition) is 0. The Hall–Kier alpha value is -2.91. The maximum Gasteiger partial charge on any atom is 0.433 e. The number of rotatable bonds is 2. The molecule has 0 spiro atoms. The first-order valence-electron chi connectivity index (χ1n) is 7.96. The van der Waals surface area contributed by atoms with Gasteiger partial charge in [-0.05, 0) is 12.1 Å². The Morgan fingerprint density at radius 1 is 0.962 bits per heavy atom. The Bertz CT molecular complexity index is 930. The predicted octanol–water partition coefficient (Wildman–Crippen LogP) is 2.61. The highest BCUT2D eigenvalue weighted by Gasteiger charge is 2.35. The molecule has 1 saturated heterocycles. The highest BCUT2D eigenvalue weighted by molar-refractivity contribution is 5.52. The number of nitrogens with zero attached hydrogens (tertiary/aromatic N) is 6. The Labute approximate surface area is 145 Å². The third kappa shape index (κ3) is 2.91. The van der Waals surface area contributed by atoms with Crippen LogP contribution in [0.15, 0.2) is 36.7 Å². The number of para-hydroxylation sites is 1. The van der Waals surface area contributed by atoms with Crippen molar-refractivity contribution in [2.24, 2.45) is 0 Å². The van der Waals surface area contributed by atoms with Crippen LogP contribution >= 0.6 is 0 Å². The molecule has 0 unspecified atom stereocenters. The number of piperazine rings is 1. The number of fused-ring (bicyclic) bond motifs is 1. The average molecular weight is 366 g/mol. The molecule has 0 N–H and O–H groups in total. The van der Waals surface area contributed by atoms with Crippen LogP contribution in [0.3, 0.4) is 0 Å². The molecule has 0 bridgehead atoms. The molecule has 3 aromatic rings. The van der Waals surface area contributed by atoms with Crippen molar-refractivity contribution in [2.75, 3.05) is 36.0 Å². The number of anilines is 2. The van der Waals surface area contributed by atoms with E-state index >= 15 is 0 Å². The van der Waals surface area contributed by atoms with E-state index in [0.717, 1.165) is 6.07 Å². The molecule has 0 atom stereocenters. The molecule has 1 fully saturated rings. The summed E-state index contributed by atoms with van der Waals surface area (Å²) in [7, 11) is 0. The second-order valence-corrected chi connectivity index (χ2v) is 5.89. The second-order valence-electron chi connectivity index (χ2n) is 5.89. The number of halogens is 4. The monoisotopic (exact) mass is 366 g/mol. The third-order valence-electron chi connectivity index (χ3n) is 4.32. The molecule has 0 amide bonds. The fourth-order valence-corrected chi connectivity index (χ4v) is 3.05. The van der Waals surface area contributed by atoms with E-state index in [0.29, 0.717) is 31.9 Å². The third-order valence-corrected chi connectivity index (χ3v) is 4.32. The van der Waals surface area contributed by atoms with E-state index in [-0.39, 0.29) is 17.4 Å². The van der Waals surface area contributed by atoms with Crippen molar-refractivity contribution in [2.45, 2.75) is 6.18 Å². The van der Waals surface area contributed by atoms with E-state index in [9.17, 15) is 17.6 Å². The van der Waals surface area contributed by atoms with Gasteiger partial charge in [-0.1, -0.05) is 12.1 Å². The quantitative estimate of drug-likeness (QED) is 0.653. The fraction of sp³-hybridized carbons (Fsp3) is 0.312. The van der Waals surface area contributed by atoms with E-state index in [2.05, 4.69) is 15.1 Å². The smallest absolute Gasteiger partial charge is 0.366 e. The van der Waals surface area contributed by atoms with Crippen molar-refractivity contribution >= 4 is 17.3 Å². The topological polar surface area (TPSA) is 49.6 Å². The van der Waals surface area contributed by atoms with Gasteiger partial charge in [-0.2, -0.15) is 27.8 Å². The summed E-state index contributed by atoms with van der Waals surface area (Å²) in [4.78, 5) is 10.9. The largest absolute Gasteiger partial charge is 0.433 e. The van der Waals surface area contributed by atoms with Gasteiger partial charge in [-0.15, -0.1) is 0 Å². The van der Waals surface area contributed by atoms with Crippen molar-refractivity contribution in [3.8, 4) is 0 Å².